The molecule has 1 atom stereocenters. The molecule has 3 nitrogen and oxygen atoms in total. The van der Waals surface area contributed by atoms with E-state index in [1.807, 2.05) is 33.8 Å². The Hall–Kier alpha value is -2.20. The predicted molar refractivity (Wildman–Crippen MR) is 99.8 cm³/mol. The van der Waals surface area contributed by atoms with Gasteiger partial charge in [-0.05, 0) is 80.8 Å². The van der Waals surface area contributed by atoms with E-state index in [1.165, 1.54) is 12.1 Å². The summed E-state index contributed by atoms with van der Waals surface area (Å²) in [6.07, 6.45) is 1.11. The monoisotopic (exact) mass is 356 g/mol. The highest BCUT2D eigenvalue weighted by molar-refractivity contribution is 5.83. The fraction of sp³-hybridized carbons (Fsp3) is 0.409. The molecule has 2 aromatic rings. The van der Waals surface area contributed by atoms with Crippen LogP contribution in [0.1, 0.15) is 62.3 Å². The molecule has 0 amide bonds. The number of carboxylic acid groups (broad SMARTS) is 1. The summed E-state index contributed by atoms with van der Waals surface area (Å²) in [7, 11) is 0. The number of halogens is 1. The number of hydrogen-bond acceptors (Lipinski definition) is 2. The van der Waals surface area contributed by atoms with Gasteiger partial charge in [0, 0.05) is 5.56 Å². The lowest BCUT2D eigenvalue weighted by atomic mass is 9.86. The molecule has 1 aliphatic carbocycles. The molecule has 0 saturated heterocycles. The van der Waals surface area contributed by atoms with E-state index in [1.54, 1.807) is 12.1 Å². The second-order valence-corrected chi connectivity index (χ2v) is 7.99. The maximum atomic E-state index is 13.4. The van der Waals surface area contributed by atoms with Crippen molar-refractivity contribution in [1.29, 1.82) is 0 Å². The standard InChI is InChI=1S/C22H25FO3/c1-13-5-12-17(14-6-7-14)19(15-8-10-16(23)11-9-15)18(13)20(21(24)25)26-22(2,3)4/h5,8-12,14,20H,6-7H2,1-4H3,(H,24,25). The molecule has 26 heavy (non-hydrogen) atoms. The van der Waals surface area contributed by atoms with Crippen molar-refractivity contribution in [3.8, 4) is 11.1 Å². The molecule has 2 aromatic carbocycles. The van der Waals surface area contributed by atoms with Gasteiger partial charge in [-0.1, -0.05) is 24.3 Å². The average molecular weight is 356 g/mol. The van der Waals surface area contributed by atoms with Gasteiger partial charge in [0.1, 0.15) is 5.82 Å². The average Bonchev–Trinajstić information content (AvgIpc) is 3.37. The summed E-state index contributed by atoms with van der Waals surface area (Å²) in [6.45, 7) is 7.45. The number of benzene rings is 2. The molecule has 1 aliphatic rings. The number of carboxylic acids is 1. The first-order valence-corrected chi connectivity index (χ1v) is 8.97. The lowest BCUT2D eigenvalue weighted by molar-refractivity contribution is -0.160. The van der Waals surface area contributed by atoms with Gasteiger partial charge in [-0.2, -0.15) is 0 Å². The number of hydrogen-bond donors (Lipinski definition) is 1. The first kappa shape index (κ1) is 18.6. The van der Waals surface area contributed by atoms with Crippen LogP contribution < -0.4 is 0 Å². The third-order valence-electron chi connectivity index (χ3n) is 4.60. The van der Waals surface area contributed by atoms with E-state index in [0.717, 1.165) is 35.1 Å². The van der Waals surface area contributed by atoms with Gasteiger partial charge < -0.3 is 9.84 Å². The highest BCUT2D eigenvalue weighted by Crippen LogP contribution is 2.48. The van der Waals surface area contributed by atoms with Crippen molar-refractivity contribution in [3.05, 3.63) is 58.9 Å². The Morgan fingerprint density at radius 3 is 2.27 bits per heavy atom. The number of carbonyl (C=O) groups is 1. The van der Waals surface area contributed by atoms with Crippen molar-refractivity contribution >= 4 is 5.97 Å². The third-order valence-corrected chi connectivity index (χ3v) is 4.60. The number of aryl methyl sites for hydroxylation is 1. The molecule has 1 unspecified atom stereocenters. The smallest absolute Gasteiger partial charge is 0.337 e. The number of aliphatic carboxylic acids is 1. The van der Waals surface area contributed by atoms with Crippen LogP contribution in [0.5, 0.6) is 0 Å². The second-order valence-electron chi connectivity index (χ2n) is 7.99. The van der Waals surface area contributed by atoms with Crippen LogP contribution in [0.4, 0.5) is 4.39 Å². The Balaban J connectivity index is 2.24. The van der Waals surface area contributed by atoms with E-state index >= 15 is 0 Å². The van der Waals surface area contributed by atoms with Gasteiger partial charge >= 0.3 is 5.97 Å². The van der Waals surface area contributed by atoms with Gasteiger partial charge in [0.25, 0.3) is 0 Å². The van der Waals surface area contributed by atoms with Gasteiger partial charge in [0.2, 0.25) is 0 Å². The summed E-state index contributed by atoms with van der Waals surface area (Å²) in [5.41, 5.74) is 3.76. The lowest BCUT2D eigenvalue weighted by Crippen LogP contribution is -2.28. The molecule has 1 fully saturated rings. The Kier molecular flexibility index (Phi) is 4.89. The van der Waals surface area contributed by atoms with Crippen LogP contribution in [0.15, 0.2) is 36.4 Å². The molecule has 138 valence electrons. The molecule has 0 radical (unpaired) electrons. The Bertz CT molecular complexity index is 815. The van der Waals surface area contributed by atoms with Crippen LogP contribution in [0.25, 0.3) is 11.1 Å². The molecule has 1 saturated carbocycles. The molecule has 0 spiro atoms. The lowest BCUT2D eigenvalue weighted by Gasteiger charge is -2.29. The van der Waals surface area contributed by atoms with Crippen molar-refractivity contribution < 1.29 is 19.0 Å². The molecule has 3 rings (SSSR count). The summed E-state index contributed by atoms with van der Waals surface area (Å²) in [4.78, 5) is 12.1. The van der Waals surface area contributed by atoms with Gasteiger partial charge in [0.05, 0.1) is 5.60 Å². The number of rotatable bonds is 5. The maximum Gasteiger partial charge on any atom is 0.337 e. The minimum atomic E-state index is -1.08. The molecule has 0 aliphatic heterocycles. The molecular formula is C22H25FO3. The van der Waals surface area contributed by atoms with Crippen molar-refractivity contribution in [2.75, 3.05) is 0 Å². The summed E-state index contributed by atoms with van der Waals surface area (Å²) in [5.74, 6) is -0.894. The molecular weight excluding hydrogens is 331 g/mol. The van der Waals surface area contributed by atoms with Gasteiger partial charge in [0.15, 0.2) is 6.10 Å². The van der Waals surface area contributed by atoms with Gasteiger partial charge in [-0.15, -0.1) is 0 Å². The first-order chi connectivity index (χ1) is 12.2. The van der Waals surface area contributed by atoms with E-state index in [-0.39, 0.29) is 5.82 Å². The van der Waals surface area contributed by atoms with Crippen molar-refractivity contribution in [2.24, 2.45) is 0 Å². The second kappa shape index (κ2) is 6.84. The Morgan fingerprint density at radius 1 is 1.15 bits per heavy atom. The third kappa shape index (κ3) is 3.96. The zero-order valence-corrected chi connectivity index (χ0v) is 15.7. The zero-order valence-electron chi connectivity index (χ0n) is 15.7. The Morgan fingerprint density at radius 2 is 1.77 bits per heavy atom. The molecule has 4 heteroatoms. The van der Waals surface area contributed by atoms with Crippen molar-refractivity contribution in [2.45, 2.75) is 58.2 Å². The van der Waals surface area contributed by atoms with Crippen LogP contribution in [0.2, 0.25) is 0 Å². The van der Waals surface area contributed by atoms with Crippen LogP contribution >= 0.6 is 0 Å². The SMILES string of the molecule is Cc1ccc(C2CC2)c(-c2ccc(F)cc2)c1C(OC(C)(C)C)C(=O)O. The van der Waals surface area contributed by atoms with E-state index in [4.69, 9.17) is 4.74 Å². The van der Waals surface area contributed by atoms with Gasteiger partial charge in [-0.3, -0.25) is 0 Å². The van der Waals surface area contributed by atoms with E-state index in [0.29, 0.717) is 11.5 Å². The topological polar surface area (TPSA) is 46.5 Å². The van der Waals surface area contributed by atoms with Crippen LogP contribution in [0.3, 0.4) is 0 Å². The van der Waals surface area contributed by atoms with Crippen LogP contribution in [-0.4, -0.2) is 16.7 Å². The molecule has 0 aromatic heterocycles. The highest BCUT2D eigenvalue weighted by Gasteiger charge is 2.34. The van der Waals surface area contributed by atoms with Crippen LogP contribution in [-0.2, 0) is 9.53 Å². The quantitative estimate of drug-likeness (QED) is 0.756. The summed E-state index contributed by atoms with van der Waals surface area (Å²) >= 11 is 0. The van der Waals surface area contributed by atoms with Crippen molar-refractivity contribution in [3.63, 3.8) is 0 Å². The predicted octanol–water partition coefficient (Wildman–Crippen LogP) is 5.62. The zero-order chi connectivity index (χ0) is 19.1. The van der Waals surface area contributed by atoms with E-state index in [9.17, 15) is 14.3 Å². The molecule has 0 bridgehead atoms. The Labute approximate surface area is 153 Å². The highest BCUT2D eigenvalue weighted by atomic mass is 19.1. The normalized spacial score (nSPS) is 15.7. The minimum Gasteiger partial charge on any atom is -0.479 e. The van der Waals surface area contributed by atoms with E-state index < -0.39 is 17.7 Å². The summed E-state index contributed by atoms with van der Waals surface area (Å²) in [5, 5.41) is 9.89. The van der Waals surface area contributed by atoms with Crippen LogP contribution in [0, 0.1) is 12.7 Å². The van der Waals surface area contributed by atoms with E-state index in [2.05, 4.69) is 6.07 Å². The summed E-state index contributed by atoms with van der Waals surface area (Å²) in [6, 6.07) is 10.3. The minimum absolute atomic E-state index is 0.309. The van der Waals surface area contributed by atoms with Gasteiger partial charge in [-0.25, -0.2) is 9.18 Å². The fourth-order valence-corrected chi connectivity index (χ4v) is 3.34. The first-order valence-electron chi connectivity index (χ1n) is 8.97. The summed E-state index contributed by atoms with van der Waals surface area (Å²) < 4.78 is 19.4. The maximum absolute atomic E-state index is 13.4. The number of ether oxygens (including phenoxy) is 1. The van der Waals surface area contributed by atoms with Crippen molar-refractivity contribution in [1.82, 2.24) is 0 Å². The molecule has 0 heterocycles. The molecule has 1 N–H and O–H groups in total. The largest absolute Gasteiger partial charge is 0.479 e. The fourth-order valence-electron chi connectivity index (χ4n) is 3.34.